The minimum absolute atomic E-state index is 0.0383. The van der Waals surface area contributed by atoms with Gasteiger partial charge >= 0.3 is 5.97 Å². The number of rotatable bonds is 5. The molecule has 0 amide bonds. The van der Waals surface area contributed by atoms with Crippen LogP contribution in [0.15, 0.2) is 0 Å². The van der Waals surface area contributed by atoms with Gasteiger partial charge < -0.3 is 14.6 Å². The SMILES string of the molecule is CCc1c(C)c2c(c(C)c1CO)OC(C)(CCOC(C)=O)CC2. The number of aliphatic hydroxyl groups excluding tert-OH is 1. The summed E-state index contributed by atoms with van der Waals surface area (Å²) in [4.78, 5) is 11.0. The van der Waals surface area contributed by atoms with E-state index in [4.69, 9.17) is 9.47 Å². The van der Waals surface area contributed by atoms with Gasteiger partial charge in [0.15, 0.2) is 0 Å². The van der Waals surface area contributed by atoms with Crippen molar-refractivity contribution in [2.75, 3.05) is 6.61 Å². The van der Waals surface area contributed by atoms with Gasteiger partial charge in [0.1, 0.15) is 11.4 Å². The predicted octanol–water partition coefficient (Wildman–Crippen LogP) is 3.40. The van der Waals surface area contributed by atoms with Crippen LogP contribution in [-0.2, 0) is 29.0 Å². The number of benzene rings is 1. The lowest BCUT2D eigenvalue weighted by atomic mass is 9.83. The highest BCUT2D eigenvalue weighted by Gasteiger charge is 2.34. The van der Waals surface area contributed by atoms with Gasteiger partial charge in [0.2, 0.25) is 0 Å². The topological polar surface area (TPSA) is 55.8 Å². The molecule has 1 heterocycles. The second-order valence-corrected chi connectivity index (χ2v) is 6.67. The van der Waals surface area contributed by atoms with Crippen LogP contribution in [0.2, 0.25) is 0 Å². The smallest absolute Gasteiger partial charge is 0.302 e. The van der Waals surface area contributed by atoms with E-state index in [9.17, 15) is 9.90 Å². The summed E-state index contributed by atoms with van der Waals surface area (Å²) in [7, 11) is 0. The predicted molar refractivity (Wildman–Crippen MR) is 89.8 cm³/mol. The zero-order valence-corrected chi connectivity index (χ0v) is 14.9. The van der Waals surface area contributed by atoms with Gasteiger partial charge in [-0.25, -0.2) is 0 Å². The van der Waals surface area contributed by atoms with E-state index in [-0.39, 0.29) is 18.2 Å². The van der Waals surface area contributed by atoms with Crippen LogP contribution in [0.25, 0.3) is 0 Å². The number of fused-ring (bicyclic) bond motifs is 1. The van der Waals surface area contributed by atoms with Gasteiger partial charge in [0, 0.05) is 13.3 Å². The minimum atomic E-state index is -0.333. The second kappa shape index (κ2) is 6.91. The molecule has 1 aromatic carbocycles. The molecule has 1 aliphatic rings. The summed E-state index contributed by atoms with van der Waals surface area (Å²) < 4.78 is 11.4. The van der Waals surface area contributed by atoms with E-state index in [1.165, 1.54) is 23.6 Å². The molecule has 1 aromatic rings. The standard InChI is InChI=1S/C19H28O4/c1-6-15-12(2)16-7-8-19(5,9-10-22-14(4)21)23-18(16)13(3)17(15)11-20/h20H,6-11H2,1-5H3. The largest absolute Gasteiger partial charge is 0.487 e. The molecule has 1 atom stereocenters. The van der Waals surface area contributed by atoms with Crippen molar-refractivity contribution in [1.29, 1.82) is 0 Å². The van der Waals surface area contributed by atoms with Gasteiger partial charge in [-0.15, -0.1) is 0 Å². The molecule has 0 spiro atoms. The van der Waals surface area contributed by atoms with Crippen molar-refractivity contribution < 1.29 is 19.4 Å². The molecule has 2 rings (SSSR count). The molecule has 1 aliphatic heterocycles. The van der Waals surface area contributed by atoms with Crippen LogP contribution in [0, 0.1) is 13.8 Å². The first-order valence-corrected chi connectivity index (χ1v) is 8.40. The van der Waals surface area contributed by atoms with Gasteiger partial charge in [-0.2, -0.15) is 0 Å². The molecule has 23 heavy (non-hydrogen) atoms. The fraction of sp³-hybridized carbons (Fsp3) is 0.632. The van der Waals surface area contributed by atoms with Crippen molar-refractivity contribution in [3.8, 4) is 5.75 Å². The molecule has 0 saturated heterocycles. The number of carbonyl (C=O) groups excluding carboxylic acids is 1. The molecule has 128 valence electrons. The number of carbonyl (C=O) groups is 1. The third kappa shape index (κ3) is 3.52. The Bertz CT molecular complexity index is 606. The first-order chi connectivity index (χ1) is 10.8. The maximum atomic E-state index is 11.0. The number of esters is 1. The highest BCUT2D eigenvalue weighted by molar-refractivity contribution is 5.65. The quantitative estimate of drug-likeness (QED) is 0.845. The van der Waals surface area contributed by atoms with E-state index in [0.717, 1.165) is 36.1 Å². The maximum absolute atomic E-state index is 11.0. The zero-order valence-electron chi connectivity index (χ0n) is 14.9. The minimum Gasteiger partial charge on any atom is -0.487 e. The Balaban J connectivity index is 2.33. The molecule has 0 aliphatic carbocycles. The van der Waals surface area contributed by atoms with Crippen molar-refractivity contribution in [2.24, 2.45) is 0 Å². The Kier molecular flexibility index (Phi) is 5.35. The van der Waals surface area contributed by atoms with Crippen LogP contribution in [0.4, 0.5) is 0 Å². The lowest BCUT2D eigenvalue weighted by Crippen LogP contribution is -2.38. The monoisotopic (exact) mass is 320 g/mol. The van der Waals surface area contributed by atoms with Crippen molar-refractivity contribution in [2.45, 2.75) is 72.5 Å². The van der Waals surface area contributed by atoms with E-state index in [0.29, 0.717) is 13.0 Å². The summed E-state index contributed by atoms with van der Waals surface area (Å²) in [6.07, 6.45) is 3.45. The fourth-order valence-electron chi connectivity index (χ4n) is 3.57. The van der Waals surface area contributed by atoms with Gasteiger partial charge in [-0.3, -0.25) is 4.79 Å². The van der Waals surface area contributed by atoms with Crippen molar-refractivity contribution >= 4 is 5.97 Å². The highest BCUT2D eigenvalue weighted by Crippen LogP contribution is 2.42. The molecule has 4 heteroatoms. The highest BCUT2D eigenvalue weighted by atomic mass is 16.5. The number of hydrogen-bond acceptors (Lipinski definition) is 4. The van der Waals surface area contributed by atoms with Gasteiger partial charge in [-0.1, -0.05) is 6.92 Å². The fourth-order valence-corrected chi connectivity index (χ4v) is 3.57. The van der Waals surface area contributed by atoms with Crippen molar-refractivity contribution in [3.05, 3.63) is 27.8 Å². The van der Waals surface area contributed by atoms with Crippen LogP contribution in [0.3, 0.4) is 0 Å². The zero-order chi connectivity index (χ0) is 17.2. The Morgan fingerprint density at radius 1 is 1.30 bits per heavy atom. The third-order valence-corrected chi connectivity index (χ3v) is 5.04. The van der Waals surface area contributed by atoms with Gasteiger partial charge in [0.05, 0.1) is 13.2 Å². The molecule has 0 radical (unpaired) electrons. The molecule has 0 saturated carbocycles. The first kappa shape index (κ1) is 17.8. The van der Waals surface area contributed by atoms with E-state index < -0.39 is 0 Å². The molecule has 0 bridgehead atoms. The van der Waals surface area contributed by atoms with Crippen LogP contribution >= 0.6 is 0 Å². The Morgan fingerprint density at radius 2 is 2.00 bits per heavy atom. The van der Waals surface area contributed by atoms with Gasteiger partial charge in [0.25, 0.3) is 0 Å². The lowest BCUT2D eigenvalue weighted by molar-refractivity contribution is -0.142. The summed E-state index contributed by atoms with van der Waals surface area (Å²) in [5.74, 6) is 0.660. The first-order valence-electron chi connectivity index (χ1n) is 8.40. The molecule has 1 N–H and O–H groups in total. The Hall–Kier alpha value is -1.55. The molecule has 4 nitrogen and oxygen atoms in total. The Morgan fingerprint density at radius 3 is 2.57 bits per heavy atom. The summed E-state index contributed by atoms with van der Waals surface area (Å²) >= 11 is 0. The lowest BCUT2D eigenvalue weighted by Gasteiger charge is -2.38. The summed E-state index contributed by atoms with van der Waals surface area (Å²) in [6, 6.07) is 0. The maximum Gasteiger partial charge on any atom is 0.302 e. The molecule has 0 aromatic heterocycles. The van der Waals surface area contributed by atoms with Crippen LogP contribution in [0.1, 0.15) is 61.4 Å². The van der Waals surface area contributed by atoms with E-state index in [1.54, 1.807) is 0 Å². The van der Waals surface area contributed by atoms with Crippen LogP contribution in [-0.4, -0.2) is 23.3 Å². The number of aliphatic hydroxyl groups is 1. The third-order valence-electron chi connectivity index (χ3n) is 5.04. The van der Waals surface area contributed by atoms with E-state index >= 15 is 0 Å². The average Bonchev–Trinajstić information content (AvgIpc) is 2.49. The van der Waals surface area contributed by atoms with Crippen LogP contribution < -0.4 is 4.74 Å². The summed E-state index contributed by atoms with van der Waals surface area (Å²) in [5, 5.41) is 9.78. The number of hydrogen-bond donors (Lipinski definition) is 1. The Labute approximate surface area is 138 Å². The van der Waals surface area contributed by atoms with Crippen molar-refractivity contribution in [1.82, 2.24) is 0 Å². The molecule has 0 fully saturated rings. The molecular weight excluding hydrogens is 292 g/mol. The molecular formula is C19H28O4. The normalized spacial score (nSPS) is 19.9. The van der Waals surface area contributed by atoms with Crippen LogP contribution in [0.5, 0.6) is 5.75 Å². The van der Waals surface area contributed by atoms with Crippen molar-refractivity contribution in [3.63, 3.8) is 0 Å². The second-order valence-electron chi connectivity index (χ2n) is 6.67. The van der Waals surface area contributed by atoms with E-state index in [1.807, 2.05) is 6.92 Å². The summed E-state index contributed by atoms with van der Waals surface area (Å²) in [6.45, 7) is 10.2. The summed E-state index contributed by atoms with van der Waals surface area (Å²) in [5.41, 5.74) is 5.47. The van der Waals surface area contributed by atoms with Gasteiger partial charge in [-0.05, 0) is 67.9 Å². The molecule has 1 unspecified atom stereocenters. The number of ether oxygens (including phenoxy) is 2. The van der Waals surface area contributed by atoms with E-state index in [2.05, 4.69) is 20.8 Å². The average molecular weight is 320 g/mol.